The molecule has 146 valence electrons. The fraction of sp³-hybridized carbons (Fsp3) is 0.167. The average Bonchev–Trinajstić information content (AvgIpc) is 3.05. The van der Waals surface area contributed by atoms with Crippen LogP contribution in [0.4, 0.5) is 5.82 Å². The standard InChI is InChI=1S/C18H18N3O5PS/c1-10-4-5-14(11(2)6-10)27(25,26-3)21-16-15(18(23)24)28-17(20-16)12-7-13(22)9-19-8-12/h4-9,22H,1-3H3,(H,21,25)(H,23,24). The van der Waals surface area contributed by atoms with Crippen molar-refractivity contribution in [3.05, 3.63) is 52.7 Å². The lowest BCUT2D eigenvalue weighted by atomic mass is 10.2. The van der Waals surface area contributed by atoms with Crippen molar-refractivity contribution in [3.63, 3.8) is 0 Å². The number of aromatic carboxylic acids is 1. The number of benzene rings is 1. The highest BCUT2D eigenvalue weighted by Gasteiger charge is 2.31. The maximum Gasteiger partial charge on any atom is 0.349 e. The van der Waals surface area contributed by atoms with Gasteiger partial charge in [-0.2, -0.15) is 0 Å². The van der Waals surface area contributed by atoms with Gasteiger partial charge in [-0.15, -0.1) is 11.3 Å². The zero-order valence-electron chi connectivity index (χ0n) is 15.3. The van der Waals surface area contributed by atoms with Crippen LogP contribution in [-0.2, 0) is 9.09 Å². The molecule has 0 aliphatic rings. The van der Waals surface area contributed by atoms with Gasteiger partial charge < -0.3 is 14.7 Å². The summed E-state index contributed by atoms with van der Waals surface area (Å²) in [6.45, 7) is 3.72. The van der Waals surface area contributed by atoms with E-state index in [1.54, 1.807) is 19.1 Å². The van der Waals surface area contributed by atoms with E-state index in [-0.39, 0.29) is 16.4 Å². The summed E-state index contributed by atoms with van der Waals surface area (Å²) in [5, 5.41) is 22.6. The zero-order chi connectivity index (χ0) is 20.5. The third-order valence-electron chi connectivity index (χ3n) is 3.97. The first-order chi connectivity index (χ1) is 13.2. The molecule has 3 aromatic rings. The monoisotopic (exact) mass is 419 g/mol. The minimum atomic E-state index is -3.62. The van der Waals surface area contributed by atoms with E-state index in [1.165, 1.54) is 25.6 Å². The Labute approximate surface area is 165 Å². The van der Waals surface area contributed by atoms with Crippen molar-refractivity contribution in [2.45, 2.75) is 13.8 Å². The second-order valence-electron chi connectivity index (χ2n) is 6.07. The number of aryl methyl sites for hydroxylation is 2. The van der Waals surface area contributed by atoms with Crippen LogP contribution in [0, 0.1) is 13.8 Å². The van der Waals surface area contributed by atoms with Gasteiger partial charge in [-0.05, 0) is 31.5 Å². The van der Waals surface area contributed by atoms with Crippen molar-refractivity contribution < 1.29 is 24.1 Å². The van der Waals surface area contributed by atoms with Crippen LogP contribution in [0.1, 0.15) is 20.8 Å². The number of thiazole rings is 1. The Hall–Kier alpha value is -2.74. The summed E-state index contributed by atoms with van der Waals surface area (Å²) in [4.78, 5) is 19.7. The van der Waals surface area contributed by atoms with Crippen LogP contribution in [0.3, 0.4) is 0 Å². The molecular weight excluding hydrogens is 401 g/mol. The Kier molecular flexibility index (Phi) is 5.51. The number of nitrogens with zero attached hydrogens (tertiary/aromatic N) is 2. The molecule has 0 fully saturated rings. The number of anilines is 1. The lowest BCUT2D eigenvalue weighted by Gasteiger charge is -2.20. The molecule has 2 heterocycles. The molecule has 1 aromatic carbocycles. The first kappa shape index (κ1) is 20.0. The lowest BCUT2D eigenvalue weighted by Crippen LogP contribution is -2.17. The summed E-state index contributed by atoms with van der Waals surface area (Å²) >= 11 is 0.881. The molecule has 0 saturated carbocycles. The number of aromatic nitrogens is 2. The molecule has 3 N–H and O–H groups in total. The molecule has 0 aliphatic carbocycles. The Morgan fingerprint density at radius 1 is 1.25 bits per heavy atom. The van der Waals surface area contributed by atoms with Crippen molar-refractivity contribution in [3.8, 4) is 16.3 Å². The fourth-order valence-electron chi connectivity index (χ4n) is 2.69. The van der Waals surface area contributed by atoms with Gasteiger partial charge in [0.25, 0.3) is 0 Å². The lowest BCUT2D eigenvalue weighted by molar-refractivity contribution is 0.0703. The largest absolute Gasteiger partial charge is 0.506 e. The first-order valence-corrected chi connectivity index (χ1v) is 10.6. The van der Waals surface area contributed by atoms with E-state index in [1.807, 2.05) is 13.0 Å². The smallest absolute Gasteiger partial charge is 0.349 e. The second kappa shape index (κ2) is 7.71. The summed E-state index contributed by atoms with van der Waals surface area (Å²) < 4.78 is 18.7. The quantitative estimate of drug-likeness (QED) is 0.516. The number of carbonyl (C=O) groups is 1. The van der Waals surface area contributed by atoms with Crippen molar-refractivity contribution in [2.75, 3.05) is 12.2 Å². The van der Waals surface area contributed by atoms with E-state index in [0.29, 0.717) is 15.9 Å². The van der Waals surface area contributed by atoms with Crippen molar-refractivity contribution in [2.24, 2.45) is 0 Å². The average molecular weight is 419 g/mol. The molecule has 2 aromatic heterocycles. The van der Waals surface area contributed by atoms with Crippen molar-refractivity contribution in [1.29, 1.82) is 0 Å². The zero-order valence-corrected chi connectivity index (χ0v) is 17.0. The van der Waals surface area contributed by atoms with E-state index in [9.17, 15) is 19.6 Å². The molecule has 1 atom stereocenters. The maximum atomic E-state index is 13.4. The first-order valence-electron chi connectivity index (χ1n) is 8.14. The number of aromatic hydroxyl groups is 1. The molecule has 8 nitrogen and oxygen atoms in total. The Morgan fingerprint density at radius 2 is 2.00 bits per heavy atom. The van der Waals surface area contributed by atoms with Gasteiger partial charge in [0.05, 0.1) is 11.5 Å². The maximum absolute atomic E-state index is 13.4. The number of carboxylic acid groups (broad SMARTS) is 1. The van der Waals surface area contributed by atoms with Gasteiger partial charge in [-0.25, -0.2) is 9.78 Å². The Morgan fingerprint density at radius 3 is 2.61 bits per heavy atom. The van der Waals surface area contributed by atoms with Gasteiger partial charge in [0.2, 0.25) is 0 Å². The summed E-state index contributed by atoms with van der Waals surface area (Å²) in [7, 11) is -2.33. The molecule has 0 spiro atoms. The third-order valence-corrected chi connectivity index (χ3v) is 7.22. The normalized spacial score (nSPS) is 13.1. The van der Waals surface area contributed by atoms with E-state index >= 15 is 0 Å². The highest BCUT2D eigenvalue weighted by atomic mass is 32.1. The fourth-order valence-corrected chi connectivity index (χ4v) is 5.25. The molecule has 3 rings (SSSR count). The SMILES string of the molecule is COP(=O)(Nc1nc(-c2cncc(O)c2)sc1C(=O)O)c1ccc(C)cc1C. The molecule has 0 aliphatic heterocycles. The number of carboxylic acids is 1. The summed E-state index contributed by atoms with van der Waals surface area (Å²) in [6, 6.07) is 6.78. The molecule has 0 bridgehead atoms. The number of hydrogen-bond donors (Lipinski definition) is 3. The van der Waals surface area contributed by atoms with Crippen molar-refractivity contribution in [1.82, 2.24) is 9.97 Å². The number of hydrogen-bond acceptors (Lipinski definition) is 7. The van der Waals surface area contributed by atoms with E-state index in [4.69, 9.17) is 4.52 Å². The topological polar surface area (TPSA) is 122 Å². The molecular formula is C18H18N3O5PS. The van der Waals surface area contributed by atoms with Crippen LogP contribution in [0.5, 0.6) is 5.75 Å². The van der Waals surface area contributed by atoms with E-state index in [0.717, 1.165) is 22.5 Å². The van der Waals surface area contributed by atoms with Gasteiger partial charge in [-0.3, -0.25) is 14.6 Å². The van der Waals surface area contributed by atoms with Crippen molar-refractivity contribution >= 4 is 35.9 Å². The Bertz CT molecular complexity index is 1100. The number of rotatable bonds is 6. The number of pyridine rings is 1. The van der Waals surface area contributed by atoms with Gasteiger partial charge in [0.1, 0.15) is 10.8 Å². The van der Waals surface area contributed by atoms with E-state index in [2.05, 4.69) is 15.1 Å². The van der Waals surface area contributed by atoms with Crippen LogP contribution in [-0.4, -0.2) is 33.3 Å². The summed E-state index contributed by atoms with van der Waals surface area (Å²) in [5.41, 5.74) is 2.20. The van der Waals surface area contributed by atoms with Gasteiger partial charge in [0.15, 0.2) is 10.7 Å². The molecule has 0 saturated heterocycles. The van der Waals surface area contributed by atoms with Gasteiger partial charge in [0, 0.05) is 18.9 Å². The predicted octanol–water partition coefficient (Wildman–Crippen LogP) is 3.80. The van der Waals surface area contributed by atoms with Crippen LogP contribution in [0.15, 0.2) is 36.7 Å². The summed E-state index contributed by atoms with van der Waals surface area (Å²) in [6.07, 6.45) is 2.71. The Balaban J connectivity index is 2.07. The highest BCUT2D eigenvalue weighted by molar-refractivity contribution is 7.68. The number of nitrogens with one attached hydrogen (secondary N) is 1. The molecule has 28 heavy (non-hydrogen) atoms. The van der Waals surface area contributed by atoms with Crippen LogP contribution in [0.25, 0.3) is 10.6 Å². The van der Waals surface area contributed by atoms with E-state index < -0.39 is 13.5 Å². The third kappa shape index (κ3) is 3.91. The van der Waals surface area contributed by atoms with Crippen LogP contribution in [0.2, 0.25) is 0 Å². The molecule has 0 radical (unpaired) electrons. The van der Waals surface area contributed by atoms with Crippen LogP contribution >= 0.6 is 18.9 Å². The molecule has 10 heteroatoms. The second-order valence-corrected chi connectivity index (χ2v) is 9.24. The highest BCUT2D eigenvalue weighted by Crippen LogP contribution is 2.47. The molecule has 0 amide bonds. The van der Waals surface area contributed by atoms with Gasteiger partial charge >= 0.3 is 13.5 Å². The minimum absolute atomic E-state index is 0.0685. The summed E-state index contributed by atoms with van der Waals surface area (Å²) in [5.74, 6) is -1.36. The molecule has 1 unspecified atom stereocenters. The van der Waals surface area contributed by atoms with Gasteiger partial charge in [-0.1, -0.05) is 17.7 Å². The van der Waals surface area contributed by atoms with Crippen LogP contribution < -0.4 is 10.4 Å². The minimum Gasteiger partial charge on any atom is -0.506 e. The predicted molar refractivity (Wildman–Crippen MR) is 108 cm³/mol.